The number of anilines is 1. The molecular weight excluding hydrogens is 426 g/mol. The zero-order valence-corrected chi connectivity index (χ0v) is 18.4. The average Bonchev–Trinajstić information content (AvgIpc) is 2.93. The number of nitrogens with zero attached hydrogens (tertiary/aromatic N) is 1. The van der Waals surface area contributed by atoms with E-state index < -0.39 is 10.0 Å². The Morgan fingerprint density at radius 3 is 2.90 bits per heavy atom. The molecule has 0 fully saturated rings. The standard InChI is InChI=1S/C20H25N3O5S2/c1-13-3-5-15-18(11-13)29-20(22-15)23-19(24)7-8-21-30(25,26)14-4-6-16-17(12-14)28-10-2-9-27-16/h4,6,12-13,21H,2-3,5,7-11H2,1H3,(H,22,23,24). The maximum atomic E-state index is 12.6. The minimum atomic E-state index is -3.76. The molecule has 0 bridgehead atoms. The SMILES string of the molecule is CC1CCc2nc(NC(=O)CCNS(=O)(=O)c3ccc4c(c3)OCCCO4)sc2C1. The van der Waals surface area contributed by atoms with Crippen LogP contribution in [0.3, 0.4) is 0 Å². The van der Waals surface area contributed by atoms with Crippen molar-refractivity contribution in [1.82, 2.24) is 9.71 Å². The van der Waals surface area contributed by atoms with Gasteiger partial charge in [-0.3, -0.25) is 4.79 Å². The van der Waals surface area contributed by atoms with Crippen LogP contribution >= 0.6 is 11.3 Å². The van der Waals surface area contributed by atoms with Crippen molar-refractivity contribution in [3.05, 3.63) is 28.8 Å². The highest BCUT2D eigenvalue weighted by Crippen LogP contribution is 2.33. The van der Waals surface area contributed by atoms with Gasteiger partial charge in [-0.15, -0.1) is 11.3 Å². The van der Waals surface area contributed by atoms with Crippen LogP contribution in [0.15, 0.2) is 23.1 Å². The maximum absolute atomic E-state index is 12.6. The summed E-state index contributed by atoms with van der Waals surface area (Å²) in [6.45, 7) is 3.22. The van der Waals surface area contributed by atoms with E-state index in [9.17, 15) is 13.2 Å². The normalized spacial score (nSPS) is 18.4. The van der Waals surface area contributed by atoms with Crippen molar-refractivity contribution < 1.29 is 22.7 Å². The van der Waals surface area contributed by atoms with Crippen LogP contribution in [0.4, 0.5) is 5.13 Å². The van der Waals surface area contributed by atoms with Gasteiger partial charge in [0.05, 0.1) is 23.8 Å². The molecule has 0 spiro atoms. The second-order valence-corrected chi connectivity index (χ2v) is 10.4. The van der Waals surface area contributed by atoms with Crippen LogP contribution in [0.5, 0.6) is 11.5 Å². The van der Waals surface area contributed by atoms with Crippen LogP contribution in [0.25, 0.3) is 0 Å². The van der Waals surface area contributed by atoms with Crippen LogP contribution in [0, 0.1) is 5.92 Å². The quantitative estimate of drug-likeness (QED) is 0.699. The molecule has 1 aliphatic carbocycles. The predicted molar refractivity (Wildman–Crippen MR) is 114 cm³/mol. The van der Waals surface area contributed by atoms with Gasteiger partial charge in [-0.1, -0.05) is 6.92 Å². The number of aryl methyl sites for hydroxylation is 1. The number of thiazole rings is 1. The maximum Gasteiger partial charge on any atom is 0.240 e. The molecule has 1 aliphatic heterocycles. The van der Waals surface area contributed by atoms with Gasteiger partial charge in [-0.25, -0.2) is 18.1 Å². The summed E-state index contributed by atoms with van der Waals surface area (Å²) in [6.07, 6.45) is 3.82. The summed E-state index contributed by atoms with van der Waals surface area (Å²) in [5.41, 5.74) is 1.07. The topological polar surface area (TPSA) is 107 Å². The molecular formula is C20H25N3O5S2. The molecule has 2 aromatic rings. The van der Waals surface area contributed by atoms with Gasteiger partial charge >= 0.3 is 0 Å². The van der Waals surface area contributed by atoms with E-state index in [4.69, 9.17) is 9.47 Å². The molecule has 2 aliphatic rings. The third-order valence-corrected chi connectivity index (χ3v) is 7.60. The largest absolute Gasteiger partial charge is 0.490 e. The number of nitrogens with one attached hydrogen (secondary N) is 2. The van der Waals surface area contributed by atoms with E-state index in [0.29, 0.717) is 35.8 Å². The molecule has 0 radical (unpaired) electrons. The lowest BCUT2D eigenvalue weighted by Crippen LogP contribution is -2.27. The Kier molecular flexibility index (Phi) is 6.26. The van der Waals surface area contributed by atoms with Crippen molar-refractivity contribution >= 4 is 32.4 Å². The first-order valence-electron chi connectivity index (χ1n) is 10.1. The van der Waals surface area contributed by atoms with Crippen molar-refractivity contribution in [2.75, 3.05) is 25.1 Å². The van der Waals surface area contributed by atoms with Crippen molar-refractivity contribution in [3.8, 4) is 11.5 Å². The van der Waals surface area contributed by atoms with E-state index in [1.54, 1.807) is 6.07 Å². The van der Waals surface area contributed by atoms with Gasteiger partial charge in [0.25, 0.3) is 0 Å². The van der Waals surface area contributed by atoms with E-state index in [-0.39, 0.29) is 23.8 Å². The fraction of sp³-hybridized carbons (Fsp3) is 0.500. The molecule has 10 heteroatoms. The van der Waals surface area contributed by atoms with Crippen molar-refractivity contribution in [3.63, 3.8) is 0 Å². The fourth-order valence-corrected chi connectivity index (χ4v) is 5.70. The molecule has 162 valence electrons. The summed E-state index contributed by atoms with van der Waals surface area (Å²) in [7, 11) is -3.76. The predicted octanol–water partition coefficient (Wildman–Crippen LogP) is 2.74. The summed E-state index contributed by atoms with van der Waals surface area (Å²) in [6, 6.07) is 4.51. The monoisotopic (exact) mass is 451 g/mol. The highest BCUT2D eigenvalue weighted by molar-refractivity contribution is 7.89. The van der Waals surface area contributed by atoms with Crippen LogP contribution in [-0.4, -0.2) is 39.1 Å². The van der Waals surface area contributed by atoms with E-state index in [1.807, 2.05) is 0 Å². The van der Waals surface area contributed by atoms with Gasteiger partial charge < -0.3 is 14.8 Å². The number of rotatable bonds is 6. The smallest absolute Gasteiger partial charge is 0.240 e. The lowest BCUT2D eigenvalue weighted by Gasteiger charge is -2.15. The van der Waals surface area contributed by atoms with Crippen LogP contribution in [0.1, 0.15) is 36.8 Å². The number of sulfonamides is 1. The minimum Gasteiger partial charge on any atom is -0.490 e. The van der Waals surface area contributed by atoms with Crippen molar-refractivity contribution in [2.45, 2.75) is 43.9 Å². The summed E-state index contributed by atoms with van der Waals surface area (Å²) in [5.74, 6) is 1.32. The molecule has 2 N–H and O–H groups in total. The van der Waals surface area contributed by atoms with Gasteiger partial charge in [-0.2, -0.15) is 0 Å². The summed E-state index contributed by atoms with van der Waals surface area (Å²) < 4.78 is 38.7. The molecule has 30 heavy (non-hydrogen) atoms. The number of benzene rings is 1. The van der Waals surface area contributed by atoms with E-state index in [1.165, 1.54) is 28.3 Å². The zero-order valence-electron chi connectivity index (χ0n) is 16.8. The lowest BCUT2D eigenvalue weighted by molar-refractivity contribution is -0.116. The number of fused-ring (bicyclic) bond motifs is 2. The molecule has 0 saturated heterocycles. The number of hydrogen-bond acceptors (Lipinski definition) is 7. The average molecular weight is 452 g/mol. The van der Waals surface area contributed by atoms with Crippen molar-refractivity contribution in [1.29, 1.82) is 0 Å². The van der Waals surface area contributed by atoms with Crippen molar-refractivity contribution in [2.24, 2.45) is 5.92 Å². The highest BCUT2D eigenvalue weighted by Gasteiger charge is 2.21. The van der Waals surface area contributed by atoms with E-state index in [2.05, 4.69) is 21.9 Å². The first kappa shape index (κ1) is 21.1. The molecule has 2 heterocycles. The Balaban J connectivity index is 1.31. The zero-order chi connectivity index (χ0) is 21.1. The number of amides is 1. The van der Waals surface area contributed by atoms with Gasteiger partial charge in [0.1, 0.15) is 0 Å². The van der Waals surface area contributed by atoms with Gasteiger partial charge in [0.15, 0.2) is 16.6 Å². The number of carbonyl (C=O) groups excluding carboxylic acids is 1. The summed E-state index contributed by atoms with van der Waals surface area (Å²) >= 11 is 1.51. The van der Waals surface area contributed by atoms with Gasteiger partial charge in [0.2, 0.25) is 15.9 Å². The summed E-state index contributed by atoms with van der Waals surface area (Å²) in [5, 5.41) is 3.37. The first-order valence-corrected chi connectivity index (χ1v) is 12.4. The van der Waals surface area contributed by atoms with Gasteiger partial charge in [0, 0.05) is 30.3 Å². The Hall–Kier alpha value is -2.17. The highest BCUT2D eigenvalue weighted by atomic mass is 32.2. The lowest BCUT2D eigenvalue weighted by atomic mass is 9.93. The van der Waals surface area contributed by atoms with Gasteiger partial charge in [-0.05, 0) is 37.3 Å². The minimum absolute atomic E-state index is 0.00919. The second kappa shape index (κ2) is 8.91. The van der Waals surface area contributed by atoms with Crippen LogP contribution < -0.4 is 19.5 Å². The van der Waals surface area contributed by atoms with Crippen LogP contribution in [-0.2, 0) is 27.7 Å². The molecule has 8 nitrogen and oxygen atoms in total. The Labute approximate surface area is 180 Å². The molecule has 1 aromatic heterocycles. The third kappa shape index (κ3) is 4.93. The van der Waals surface area contributed by atoms with E-state index >= 15 is 0 Å². The molecule has 1 amide bonds. The molecule has 4 rings (SSSR count). The fourth-order valence-electron chi connectivity index (χ4n) is 3.47. The molecule has 1 aromatic carbocycles. The van der Waals surface area contributed by atoms with Crippen LogP contribution in [0.2, 0.25) is 0 Å². The summed E-state index contributed by atoms with van der Waals surface area (Å²) in [4.78, 5) is 18.0. The number of carbonyl (C=O) groups is 1. The first-order chi connectivity index (χ1) is 14.4. The number of ether oxygens (including phenoxy) is 2. The molecule has 0 saturated carbocycles. The number of aromatic nitrogens is 1. The number of hydrogen-bond donors (Lipinski definition) is 2. The Morgan fingerprint density at radius 1 is 1.27 bits per heavy atom. The molecule has 1 unspecified atom stereocenters. The Bertz CT molecular complexity index is 1040. The van der Waals surface area contributed by atoms with E-state index in [0.717, 1.165) is 31.4 Å². The third-order valence-electron chi connectivity index (χ3n) is 5.11. The second-order valence-electron chi connectivity index (χ2n) is 7.59. The Morgan fingerprint density at radius 2 is 2.07 bits per heavy atom. The molecule has 1 atom stereocenters.